The third-order valence-electron chi connectivity index (χ3n) is 2.42. The van der Waals surface area contributed by atoms with Crippen molar-refractivity contribution in [2.24, 2.45) is 0 Å². The van der Waals surface area contributed by atoms with Crippen LogP contribution in [0.2, 0.25) is 0 Å². The second-order valence-electron chi connectivity index (χ2n) is 3.56. The molecule has 16 heavy (non-hydrogen) atoms. The van der Waals surface area contributed by atoms with Gasteiger partial charge in [-0.15, -0.1) is 0 Å². The molecule has 0 unspecified atom stereocenters. The number of halogens is 1. The van der Waals surface area contributed by atoms with Crippen LogP contribution in [-0.4, -0.2) is 15.3 Å². The van der Waals surface area contributed by atoms with Crippen LogP contribution in [0.5, 0.6) is 0 Å². The number of ketones is 1. The van der Waals surface area contributed by atoms with Gasteiger partial charge in [-0.2, -0.15) is 0 Å². The number of Topliss-reactive ketones (excluding diaryl/α,β-unsaturated/α-hetero) is 1. The molecule has 3 nitrogen and oxygen atoms in total. The lowest BCUT2D eigenvalue weighted by Crippen LogP contribution is -2.04. The molecule has 1 aromatic heterocycles. The Kier molecular flexibility index (Phi) is 2.92. The Morgan fingerprint density at radius 3 is 2.75 bits per heavy atom. The average Bonchev–Trinajstić information content (AvgIpc) is 2.63. The van der Waals surface area contributed by atoms with Crippen LogP contribution in [-0.2, 0) is 0 Å². The first kappa shape index (κ1) is 11.1. The van der Waals surface area contributed by atoms with E-state index in [9.17, 15) is 4.79 Å². The molecule has 0 aliphatic heterocycles. The number of aromatic nitrogens is 2. The Bertz CT molecular complexity index is 546. The molecule has 1 heterocycles. The van der Waals surface area contributed by atoms with Crippen LogP contribution < -0.4 is 0 Å². The van der Waals surface area contributed by atoms with Gasteiger partial charge in [0.15, 0.2) is 5.78 Å². The van der Waals surface area contributed by atoms with Gasteiger partial charge in [-0.1, -0.05) is 15.9 Å². The summed E-state index contributed by atoms with van der Waals surface area (Å²) in [4.78, 5) is 15.7. The van der Waals surface area contributed by atoms with Crippen LogP contribution in [0.1, 0.15) is 23.1 Å². The van der Waals surface area contributed by atoms with Gasteiger partial charge in [-0.3, -0.25) is 4.79 Å². The minimum Gasteiger partial charge on any atom is -0.303 e. The maximum atomic E-state index is 11.5. The molecule has 82 valence electrons. The number of benzene rings is 1. The summed E-state index contributed by atoms with van der Waals surface area (Å²) in [6, 6.07) is 5.61. The lowest BCUT2D eigenvalue weighted by molar-refractivity contribution is 0.101. The first-order chi connectivity index (χ1) is 7.59. The molecule has 0 amide bonds. The standard InChI is InChI=1S/C12H11BrN2O/c1-8(16)11-4-3-10(13)7-12(11)15-6-5-14-9(15)2/h3-7H,1-2H3. The highest BCUT2D eigenvalue weighted by Gasteiger charge is 2.10. The zero-order chi connectivity index (χ0) is 11.7. The molecule has 2 aromatic rings. The topological polar surface area (TPSA) is 34.9 Å². The van der Waals surface area contributed by atoms with Gasteiger partial charge >= 0.3 is 0 Å². The zero-order valence-corrected chi connectivity index (χ0v) is 10.7. The fourth-order valence-electron chi connectivity index (χ4n) is 1.63. The van der Waals surface area contributed by atoms with Gasteiger partial charge in [0.25, 0.3) is 0 Å². The Balaban J connectivity index is 2.67. The van der Waals surface area contributed by atoms with Crippen molar-refractivity contribution < 1.29 is 4.79 Å². The van der Waals surface area contributed by atoms with E-state index in [0.29, 0.717) is 5.56 Å². The van der Waals surface area contributed by atoms with Crippen LogP contribution in [0.15, 0.2) is 35.1 Å². The van der Waals surface area contributed by atoms with E-state index in [-0.39, 0.29) is 5.78 Å². The van der Waals surface area contributed by atoms with Crippen molar-refractivity contribution in [1.29, 1.82) is 0 Å². The third-order valence-corrected chi connectivity index (χ3v) is 2.92. The first-order valence-electron chi connectivity index (χ1n) is 4.90. The number of aryl methyl sites for hydroxylation is 1. The number of rotatable bonds is 2. The molecule has 0 atom stereocenters. The molecule has 0 bridgehead atoms. The van der Waals surface area contributed by atoms with Crippen molar-refractivity contribution in [2.75, 3.05) is 0 Å². The third kappa shape index (κ3) is 1.93. The number of nitrogens with zero attached hydrogens (tertiary/aromatic N) is 2. The number of carbonyl (C=O) groups excluding carboxylic acids is 1. The van der Waals surface area contributed by atoms with E-state index >= 15 is 0 Å². The molecular weight excluding hydrogens is 268 g/mol. The van der Waals surface area contributed by atoms with Crippen LogP contribution in [0.3, 0.4) is 0 Å². The zero-order valence-electron chi connectivity index (χ0n) is 9.07. The summed E-state index contributed by atoms with van der Waals surface area (Å²) in [6.07, 6.45) is 3.57. The summed E-state index contributed by atoms with van der Waals surface area (Å²) in [5.41, 5.74) is 1.56. The van der Waals surface area contributed by atoms with Crippen LogP contribution in [0, 0.1) is 6.92 Å². The second-order valence-corrected chi connectivity index (χ2v) is 4.48. The summed E-state index contributed by atoms with van der Waals surface area (Å²) >= 11 is 3.41. The SMILES string of the molecule is CC(=O)c1ccc(Br)cc1-n1ccnc1C. The van der Waals surface area contributed by atoms with Crippen LogP contribution in [0.4, 0.5) is 0 Å². The first-order valence-corrected chi connectivity index (χ1v) is 5.69. The molecule has 0 aliphatic rings. The van der Waals surface area contributed by atoms with Gasteiger partial charge < -0.3 is 4.57 Å². The van der Waals surface area contributed by atoms with Gasteiger partial charge in [-0.25, -0.2) is 4.98 Å². The fraction of sp³-hybridized carbons (Fsp3) is 0.167. The van der Waals surface area contributed by atoms with E-state index < -0.39 is 0 Å². The Labute approximate surface area is 102 Å². The minimum absolute atomic E-state index is 0.0515. The van der Waals surface area contributed by atoms with E-state index in [4.69, 9.17) is 0 Å². The molecule has 4 heteroatoms. The highest BCUT2D eigenvalue weighted by Crippen LogP contribution is 2.21. The second kappa shape index (κ2) is 4.22. The van der Waals surface area contributed by atoms with Crippen molar-refractivity contribution in [3.05, 3.63) is 46.5 Å². The van der Waals surface area contributed by atoms with Crippen LogP contribution >= 0.6 is 15.9 Å². The largest absolute Gasteiger partial charge is 0.303 e. The Morgan fingerprint density at radius 1 is 1.44 bits per heavy atom. The molecule has 0 saturated heterocycles. The van der Waals surface area contributed by atoms with E-state index in [1.165, 1.54) is 0 Å². The van der Waals surface area contributed by atoms with Crippen molar-refractivity contribution >= 4 is 21.7 Å². The van der Waals surface area contributed by atoms with Crippen molar-refractivity contribution in [2.45, 2.75) is 13.8 Å². The van der Waals surface area contributed by atoms with Gasteiger partial charge in [-0.05, 0) is 32.0 Å². The minimum atomic E-state index is 0.0515. The van der Waals surface area contributed by atoms with Crippen LogP contribution in [0.25, 0.3) is 5.69 Å². The number of carbonyl (C=O) groups is 1. The number of hydrogen-bond acceptors (Lipinski definition) is 2. The Hall–Kier alpha value is -1.42. The van der Waals surface area contributed by atoms with E-state index in [1.807, 2.05) is 35.9 Å². The summed E-state index contributed by atoms with van der Waals surface area (Å²) in [5, 5.41) is 0. The molecular formula is C12H11BrN2O. The molecule has 0 radical (unpaired) electrons. The quantitative estimate of drug-likeness (QED) is 0.791. The van der Waals surface area contributed by atoms with Crippen molar-refractivity contribution in [3.8, 4) is 5.69 Å². The molecule has 2 rings (SSSR count). The predicted molar refractivity (Wildman–Crippen MR) is 66.0 cm³/mol. The maximum Gasteiger partial charge on any atom is 0.161 e. The molecule has 0 spiro atoms. The summed E-state index contributed by atoms with van der Waals surface area (Å²) in [6.45, 7) is 3.48. The lowest BCUT2D eigenvalue weighted by atomic mass is 10.1. The highest BCUT2D eigenvalue weighted by atomic mass is 79.9. The van der Waals surface area contributed by atoms with Crippen molar-refractivity contribution in [3.63, 3.8) is 0 Å². The Morgan fingerprint density at radius 2 is 2.19 bits per heavy atom. The van der Waals surface area contributed by atoms with E-state index in [0.717, 1.165) is 16.0 Å². The van der Waals surface area contributed by atoms with E-state index in [2.05, 4.69) is 20.9 Å². The monoisotopic (exact) mass is 278 g/mol. The number of imidazole rings is 1. The highest BCUT2D eigenvalue weighted by molar-refractivity contribution is 9.10. The predicted octanol–water partition coefficient (Wildman–Crippen LogP) is 3.15. The summed E-state index contributed by atoms with van der Waals surface area (Å²) < 4.78 is 2.85. The normalized spacial score (nSPS) is 10.4. The number of hydrogen-bond donors (Lipinski definition) is 0. The average molecular weight is 279 g/mol. The fourth-order valence-corrected chi connectivity index (χ4v) is 1.98. The van der Waals surface area contributed by atoms with Gasteiger partial charge in [0.05, 0.1) is 5.69 Å². The van der Waals surface area contributed by atoms with Gasteiger partial charge in [0, 0.05) is 22.4 Å². The molecule has 0 N–H and O–H groups in total. The summed E-state index contributed by atoms with van der Waals surface area (Å²) in [5.74, 6) is 0.913. The summed E-state index contributed by atoms with van der Waals surface area (Å²) in [7, 11) is 0. The lowest BCUT2D eigenvalue weighted by Gasteiger charge is -2.10. The van der Waals surface area contributed by atoms with Crippen molar-refractivity contribution in [1.82, 2.24) is 9.55 Å². The molecule has 0 fully saturated rings. The molecule has 0 saturated carbocycles. The molecule has 1 aromatic carbocycles. The van der Waals surface area contributed by atoms with Gasteiger partial charge in [0.1, 0.15) is 5.82 Å². The smallest absolute Gasteiger partial charge is 0.161 e. The van der Waals surface area contributed by atoms with E-state index in [1.54, 1.807) is 13.1 Å². The van der Waals surface area contributed by atoms with Gasteiger partial charge in [0.2, 0.25) is 0 Å². The maximum absolute atomic E-state index is 11.5. The molecule has 0 aliphatic carbocycles.